The van der Waals surface area contributed by atoms with Gasteiger partial charge in [0.1, 0.15) is 11.8 Å². The molecule has 0 aliphatic carbocycles. The van der Waals surface area contributed by atoms with Crippen LogP contribution in [0.3, 0.4) is 0 Å². The molecular formula is C26H28N2O3. The van der Waals surface area contributed by atoms with E-state index in [0.29, 0.717) is 11.4 Å². The van der Waals surface area contributed by atoms with Gasteiger partial charge in [-0.25, -0.2) is 0 Å². The predicted octanol–water partition coefficient (Wildman–Crippen LogP) is 4.61. The Hall–Kier alpha value is -3.60. The van der Waals surface area contributed by atoms with Crippen molar-refractivity contribution in [2.45, 2.75) is 25.8 Å². The van der Waals surface area contributed by atoms with E-state index in [-0.39, 0.29) is 17.7 Å². The van der Waals surface area contributed by atoms with Gasteiger partial charge < -0.3 is 15.4 Å². The summed E-state index contributed by atoms with van der Waals surface area (Å²) in [5.41, 5.74) is 2.32. The highest BCUT2D eigenvalue weighted by Crippen LogP contribution is 2.26. The molecule has 0 radical (unpaired) electrons. The van der Waals surface area contributed by atoms with E-state index in [1.165, 1.54) is 0 Å². The van der Waals surface area contributed by atoms with Gasteiger partial charge in [0, 0.05) is 0 Å². The van der Waals surface area contributed by atoms with Crippen molar-refractivity contribution in [1.82, 2.24) is 5.32 Å². The zero-order valence-corrected chi connectivity index (χ0v) is 18.0. The Kier molecular flexibility index (Phi) is 7.44. The molecule has 3 aromatic carbocycles. The van der Waals surface area contributed by atoms with Crippen molar-refractivity contribution in [2.75, 3.05) is 12.4 Å². The van der Waals surface area contributed by atoms with E-state index in [0.717, 1.165) is 11.1 Å². The van der Waals surface area contributed by atoms with Gasteiger partial charge in [-0.2, -0.15) is 0 Å². The number of anilines is 1. The topological polar surface area (TPSA) is 67.4 Å². The van der Waals surface area contributed by atoms with Gasteiger partial charge in [-0.3, -0.25) is 9.59 Å². The second-order valence-electron chi connectivity index (χ2n) is 7.67. The third-order valence-electron chi connectivity index (χ3n) is 5.14. The van der Waals surface area contributed by atoms with Gasteiger partial charge in [0.05, 0.1) is 18.7 Å². The summed E-state index contributed by atoms with van der Waals surface area (Å²) in [6.07, 6.45) is 0. The quantitative estimate of drug-likeness (QED) is 0.564. The highest BCUT2D eigenvalue weighted by atomic mass is 16.5. The van der Waals surface area contributed by atoms with Crippen molar-refractivity contribution in [2.24, 2.45) is 5.92 Å². The number of amides is 2. The summed E-state index contributed by atoms with van der Waals surface area (Å²) in [7, 11) is 1.55. The van der Waals surface area contributed by atoms with E-state index in [2.05, 4.69) is 10.6 Å². The molecule has 2 amide bonds. The van der Waals surface area contributed by atoms with Gasteiger partial charge >= 0.3 is 0 Å². The number of ether oxygens (including phenoxy) is 1. The Morgan fingerprint density at radius 2 is 1.26 bits per heavy atom. The minimum Gasteiger partial charge on any atom is -0.495 e. The Morgan fingerprint density at radius 3 is 1.77 bits per heavy atom. The van der Waals surface area contributed by atoms with Crippen LogP contribution >= 0.6 is 0 Å². The molecule has 2 N–H and O–H groups in total. The molecule has 0 fully saturated rings. The highest BCUT2D eigenvalue weighted by Gasteiger charge is 2.30. The van der Waals surface area contributed by atoms with E-state index >= 15 is 0 Å². The van der Waals surface area contributed by atoms with E-state index in [1.54, 1.807) is 19.2 Å². The van der Waals surface area contributed by atoms with Gasteiger partial charge in [0.2, 0.25) is 11.8 Å². The lowest BCUT2D eigenvalue weighted by molar-refractivity contribution is -0.127. The van der Waals surface area contributed by atoms with Crippen molar-refractivity contribution >= 4 is 17.5 Å². The summed E-state index contributed by atoms with van der Waals surface area (Å²) < 4.78 is 5.32. The number of methoxy groups -OCH3 is 1. The molecule has 0 aromatic heterocycles. The smallest absolute Gasteiger partial charge is 0.247 e. The predicted molar refractivity (Wildman–Crippen MR) is 123 cm³/mol. The fraction of sp³-hybridized carbons (Fsp3) is 0.231. The zero-order chi connectivity index (χ0) is 22.2. The summed E-state index contributed by atoms with van der Waals surface area (Å²) in [5.74, 6) is -0.552. The summed E-state index contributed by atoms with van der Waals surface area (Å²) in [6, 6.07) is 25.7. The molecule has 0 aliphatic rings. The fourth-order valence-corrected chi connectivity index (χ4v) is 3.52. The Labute approximate surface area is 183 Å². The number of para-hydroxylation sites is 2. The number of benzene rings is 3. The van der Waals surface area contributed by atoms with Gasteiger partial charge in [0.25, 0.3) is 0 Å². The van der Waals surface area contributed by atoms with Crippen LogP contribution in [-0.4, -0.2) is 25.0 Å². The second-order valence-corrected chi connectivity index (χ2v) is 7.67. The van der Waals surface area contributed by atoms with Crippen molar-refractivity contribution in [3.8, 4) is 5.75 Å². The molecule has 5 heteroatoms. The van der Waals surface area contributed by atoms with Gasteiger partial charge in [0.15, 0.2) is 0 Å². The third-order valence-corrected chi connectivity index (χ3v) is 5.14. The van der Waals surface area contributed by atoms with E-state index < -0.39 is 12.0 Å². The number of carbonyl (C=O) groups excluding carboxylic acids is 2. The molecule has 0 saturated heterocycles. The first-order chi connectivity index (χ1) is 15.0. The molecule has 31 heavy (non-hydrogen) atoms. The molecule has 160 valence electrons. The van der Waals surface area contributed by atoms with Crippen LogP contribution in [0.25, 0.3) is 0 Å². The van der Waals surface area contributed by atoms with Gasteiger partial charge in [-0.05, 0) is 29.2 Å². The number of nitrogens with one attached hydrogen (secondary N) is 2. The van der Waals surface area contributed by atoms with Crippen LogP contribution in [0, 0.1) is 5.92 Å². The second kappa shape index (κ2) is 10.4. The molecule has 1 atom stereocenters. The van der Waals surface area contributed by atoms with Gasteiger partial charge in [-0.1, -0.05) is 86.6 Å². The number of rotatable bonds is 8. The minimum absolute atomic E-state index is 0.106. The maximum atomic E-state index is 13.4. The number of carbonyl (C=O) groups is 2. The zero-order valence-electron chi connectivity index (χ0n) is 18.0. The normalized spacial score (nSPS) is 11.8. The molecule has 1 unspecified atom stereocenters. The Morgan fingerprint density at radius 1 is 0.742 bits per heavy atom. The van der Waals surface area contributed by atoms with E-state index in [4.69, 9.17) is 4.74 Å². The van der Waals surface area contributed by atoms with E-state index in [1.807, 2.05) is 86.6 Å². The standard InChI is InChI=1S/C26H28N2O3/c1-18(2)24(26(30)27-21-16-10-11-17-22(21)31-3)28-25(29)23(19-12-6-4-7-13-19)20-14-8-5-9-15-20/h4-18,23-24H,1-3H3,(H,27,30)(H,28,29). The minimum atomic E-state index is -0.702. The van der Waals surface area contributed by atoms with Crippen LogP contribution in [0.2, 0.25) is 0 Å². The summed E-state index contributed by atoms with van der Waals surface area (Å²) in [5, 5.41) is 5.87. The van der Waals surface area contributed by atoms with Crippen LogP contribution in [0.5, 0.6) is 5.75 Å². The molecule has 3 aromatic rings. The molecule has 0 bridgehead atoms. The fourth-order valence-electron chi connectivity index (χ4n) is 3.52. The SMILES string of the molecule is COc1ccccc1NC(=O)C(NC(=O)C(c1ccccc1)c1ccccc1)C(C)C. The van der Waals surface area contributed by atoms with Crippen molar-refractivity contribution in [3.63, 3.8) is 0 Å². The third kappa shape index (κ3) is 5.51. The molecule has 0 heterocycles. The first-order valence-corrected chi connectivity index (χ1v) is 10.4. The summed E-state index contributed by atoms with van der Waals surface area (Å²) in [6.45, 7) is 3.82. The molecule has 0 spiro atoms. The molecule has 0 saturated carbocycles. The van der Waals surface area contributed by atoms with Crippen LogP contribution in [0.4, 0.5) is 5.69 Å². The van der Waals surface area contributed by atoms with Crippen LogP contribution < -0.4 is 15.4 Å². The van der Waals surface area contributed by atoms with Gasteiger partial charge in [-0.15, -0.1) is 0 Å². The van der Waals surface area contributed by atoms with Crippen molar-refractivity contribution < 1.29 is 14.3 Å². The van der Waals surface area contributed by atoms with Crippen LogP contribution in [0.15, 0.2) is 84.9 Å². The summed E-state index contributed by atoms with van der Waals surface area (Å²) >= 11 is 0. The first kappa shape index (κ1) is 22.1. The Bertz CT molecular complexity index is 964. The largest absolute Gasteiger partial charge is 0.495 e. The lowest BCUT2D eigenvalue weighted by Gasteiger charge is -2.25. The lowest BCUT2D eigenvalue weighted by atomic mass is 9.89. The number of hydrogen-bond acceptors (Lipinski definition) is 3. The molecule has 3 rings (SSSR count). The average molecular weight is 417 g/mol. The molecule has 0 aliphatic heterocycles. The number of hydrogen-bond donors (Lipinski definition) is 2. The maximum absolute atomic E-state index is 13.4. The molecule has 5 nitrogen and oxygen atoms in total. The average Bonchev–Trinajstić information content (AvgIpc) is 2.79. The van der Waals surface area contributed by atoms with E-state index in [9.17, 15) is 9.59 Å². The lowest BCUT2D eigenvalue weighted by Crippen LogP contribution is -2.48. The molecular weight excluding hydrogens is 388 g/mol. The first-order valence-electron chi connectivity index (χ1n) is 10.4. The summed E-state index contributed by atoms with van der Waals surface area (Å²) in [4.78, 5) is 26.5. The Balaban J connectivity index is 1.85. The van der Waals surface area contributed by atoms with Crippen molar-refractivity contribution in [3.05, 3.63) is 96.1 Å². The highest BCUT2D eigenvalue weighted by molar-refractivity contribution is 5.99. The van der Waals surface area contributed by atoms with Crippen molar-refractivity contribution in [1.29, 1.82) is 0 Å². The van der Waals surface area contributed by atoms with Crippen LogP contribution in [-0.2, 0) is 9.59 Å². The maximum Gasteiger partial charge on any atom is 0.247 e. The van der Waals surface area contributed by atoms with Crippen LogP contribution in [0.1, 0.15) is 30.9 Å². The monoisotopic (exact) mass is 416 g/mol.